The first-order chi connectivity index (χ1) is 7.92. The molecule has 0 amide bonds. The van der Waals surface area contributed by atoms with E-state index in [-0.39, 0.29) is 0 Å². The van der Waals surface area contributed by atoms with E-state index in [0.29, 0.717) is 0 Å². The smallest absolute Gasteiger partial charge is 0.0436 e. The normalized spacial score (nSPS) is 11.2. The van der Waals surface area contributed by atoms with Crippen molar-refractivity contribution in [3.63, 3.8) is 0 Å². The topological polar surface area (TPSA) is 32.6 Å². The number of oxime groups is 1. The predicted molar refractivity (Wildman–Crippen MR) is 67.2 cm³/mol. The van der Waals surface area contributed by atoms with Crippen molar-refractivity contribution in [3.05, 3.63) is 48.0 Å². The highest BCUT2D eigenvalue weighted by Crippen LogP contribution is 2.19. The standard InChI is InChI=1S/C14H15NO/c16-15-11-4-3-7-13-9-5-8-12-6-1-2-10-14(12)13/h1-2,5-6,8-11,16H,3-4,7H2. The summed E-state index contributed by atoms with van der Waals surface area (Å²) in [5.41, 5.74) is 1.37. The van der Waals surface area contributed by atoms with Crippen molar-refractivity contribution in [3.8, 4) is 0 Å². The van der Waals surface area contributed by atoms with Crippen molar-refractivity contribution in [1.29, 1.82) is 0 Å². The van der Waals surface area contributed by atoms with Crippen LogP contribution in [-0.2, 0) is 6.42 Å². The summed E-state index contributed by atoms with van der Waals surface area (Å²) in [5.74, 6) is 0. The van der Waals surface area contributed by atoms with Gasteiger partial charge in [-0.05, 0) is 35.6 Å². The highest BCUT2D eigenvalue weighted by molar-refractivity contribution is 5.85. The zero-order chi connectivity index (χ0) is 11.2. The number of rotatable bonds is 4. The number of fused-ring (bicyclic) bond motifs is 1. The number of hydrogen-bond donors (Lipinski definition) is 1. The molecule has 0 unspecified atom stereocenters. The molecule has 0 radical (unpaired) electrons. The molecule has 0 aliphatic rings. The molecule has 0 spiro atoms. The molecule has 16 heavy (non-hydrogen) atoms. The molecule has 0 atom stereocenters. The van der Waals surface area contributed by atoms with Gasteiger partial charge in [-0.15, -0.1) is 5.16 Å². The molecular weight excluding hydrogens is 198 g/mol. The van der Waals surface area contributed by atoms with Gasteiger partial charge in [0.1, 0.15) is 0 Å². The van der Waals surface area contributed by atoms with Gasteiger partial charge in [0.15, 0.2) is 0 Å². The lowest BCUT2D eigenvalue weighted by molar-refractivity contribution is 0.320. The van der Waals surface area contributed by atoms with Crippen LogP contribution < -0.4 is 0 Å². The Morgan fingerprint density at radius 3 is 2.75 bits per heavy atom. The number of unbranched alkanes of at least 4 members (excludes halogenated alkanes) is 1. The van der Waals surface area contributed by atoms with Crippen molar-refractivity contribution in [2.24, 2.45) is 5.16 Å². The van der Waals surface area contributed by atoms with Gasteiger partial charge in [-0.3, -0.25) is 0 Å². The Morgan fingerprint density at radius 1 is 1.06 bits per heavy atom. The third-order valence-electron chi connectivity index (χ3n) is 2.74. The molecule has 0 bridgehead atoms. The first-order valence-electron chi connectivity index (χ1n) is 5.54. The molecular formula is C14H15NO. The summed E-state index contributed by atoms with van der Waals surface area (Å²) in [6.07, 6.45) is 4.40. The average Bonchev–Trinajstić information content (AvgIpc) is 2.35. The van der Waals surface area contributed by atoms with Crippen LogP contribution in [0, 0.1) is 0 Å². The van der Waals surface area contributed by atoms with E-state index in [1.807, 2.05) is 0 Å². The Labute approximate surface area is 95.2 Å². The van der Waals surface area contributed by atoms with Gasteiger partial charge in [0.2, 0.25) is 0 Å². The average molecular weight is 213 g/mol. The Kier molecular flexibility index (Phi) is 3.54. The zero-order valence-corrected chi connectivity index (χ0v) is 9.13. The Hall–Kier alpha value is -1.83. The second-order valence-corrected chi connectivity index (χ2v) is 3.83. The van der Waals surface area contributed by atoms with Gasteiger partial charge in [-0.2, -0.15) is 0 Å². The molecule has 0 aromatic heterocycles. The first kappa shape index (κ1) is 10.7. The van der Waals surface area contributed by atoms with Crippen molar-refractivity contribution >= 4 is 17.0 Å². The lowest BCUT2D eigenvalue weighted by atomic mass is 10.0. The number of benzene rings is 2. The minimum Gasteiger partial charge on any atom is -0.411 e. The van der Waals surface area contributed by atoms with E-state index in [9.17, 15) is 0 Å². The van der Waals surface area contributed by atoms with Crippen LogP contribution in [0.25, 0.3) is 10.8 Å². The summed E-state index contributed by atoms with van der Waals surface area (Å²) < 4.78 is 0. The maximum absolute atomic E-state index is 8.30. The number of aryl methyl sites for hydroxylation is 1. The SMILES string of the molecule is ON=CCCCc1cccc2ccccc12. The van der Waals surface area contributed by atoms with Crippen molar-refractivity contribution in [1.82, 2.24) is 0 Å². The lowest BCUT2D eigenvalue weighted by Crippen LogP contribution is -1.88. The third kappa shape index (κ3) is 2.40. The van der Waals surface area contributed by atoms with Crippen LogP contribution >= 0.6 is 0 Å². The van der Waals surface area contributed by atoms with Gasteiger partial charge in [0.05, 0.1) is 0 Å². The summed E-state index contributed by atoms with van der Waals surface area (Å²) in [5, 5.41) is 13.9. The van der Waals surface area contributed by atoms with E-state index in [4.69, 9.17) is 5.21 Å². The van der Waals surface area contributed by atoms with Crippen LogP contribution in [0.4, 0.5) is 0 Å². The van der Waals surface area contributed by atoms with E-state index < -0.39 is 0 Å². The van der Waals surface area contributed by atoms with Crippen LogP contribution in [0.2, 0.25) is 0 Å². The minimum atomic E-state index is 0.819. The molecule has 2 rings (SSSR count). The minimum absolute atomic E-state index is 0.819. The van der Waals surface area contributed by atoms with Gasteiger partial charge >= 0.3 is 0 Å². The van der Waals surface area contributed by atoms with E-state index in [1.165, 1.54) is 16.3 Å². The van der Waals surface area contributed by atoms with Crippen LogP contribution in [0.15, 0.2) is 47.6 Å². The summed E-state index contributed by atoms with van der Waals surface area (Å²) in [6.45, 7) is 0. The molecule has 2 nitrogen and oxygen atoms in total. The van der Waals surface area contributed by atoms with Crippen LogP contribution in [0.3, 0.4) is 0 Å². The maximum Gasteiger partial charge on any atom is 0.0436 e. The van der Waals surface area contributed by atoms with Crippen LogP contribution in [0.5, 0.6) is 0 Å². The molecule has 2 heteroatoms. The molecule has 0 saturated heterocycles. The monoisotopic (exact) mass is 213 g/mol. The van der Waals surface area contributed by atoms with Crippen molar-refractivity contribution in [2.75, 3.05) is 0 Å². The zero-order valence-electron chi connectivity index (χ0n) is 9.13. The molecule has 0 heterocycles. The second-order valence-electron chi connectivity index (χ2n) is 3.83. The van der Waals surface area contributed by atoms with Gasteiger partial charge in [-0.25, -0.2) is 0 Å². The summed E-state index contributed by atoms with van der Waals surface area (Å²) in [7, 11) is 0. The fourth-order valence-corrected chi connectivity index (χ4v) is 1.95. The summed E-state index contributed by atoms with van der Waals surface area (Å²) in [4.78, 5) is 0. The lowest BCUT2D eigenvalue weighted by Gasteiger charge is -2.05. The molecule has 1 N–H and O–H groups in total. The quantitative estimate of drug-likeness (QED) is 0.358. The van der Waals surface area contributed by atoms with Crippen molar-refractivity contribution < 1.29 is 5.21 Å². The molecule has 2 aromatic carbocycles. The van der Waals surface area contributed by atoms with E-state index in [1.54, 1.807) is 6.21 Å². The summed E-state index contributed by atoms with van der Waals surface area (Å²) in [6, 6.07) is 14.8. The Bertz CT molecular complexity index is 486. The Morgan fingerprint density at radius 2 is 1.88 bits per heavy atom. The second kappa shape index (κ2) is 5.31. The Balaban J connectivity index is 2.17. The number of nitrogens with zero attached hydrogens (tertiary/aromatic N) is 1. The molecule has 0 fully saturated rings. The van der Waals surface area contributed by atoms with Gasteiger partial charge < -0.3 is 5.21 Å². The van der Waals surface area contributed by atoms with E-state index >= 15 is 0 Å². The molecule has 0 saturated carbocycles. The molecule has 2 aromatic rings. The van der Waals surface area contributed by atoms with Crippen LogP contribution in [-0.4, -0.2) is 11.4 Å². The first-order valence-corrected chi connectivity index (χ1v) is 5.54. The predicted octanol–water partition coefficient (Wildman–Crippen LogP) is 3.62. The van der Waals surface area contributed by atoms with Gasteiger partial charge in [0, 0.05) is 6.21 Å². The van der Waals surface area contributed by atoms with Gasteiger partial charge in [0.25, 0.3) is 0 Å². The largest absolute Gasteiger partial charge is 0.411 e. The third-order valence-corrected chi connectivity index (χ3v) is 2.74. The van der Waals surface area contributed by atoms with Crippen LogP contribution in [0.1, 0.15) is 18.4 Å². The fraction of sp³-hybridized carbons (Fsp3) is 0.214. The van der Waals surface area contributed by atoms with E-state index in [0.717, 1.165) is 19.3 Å². The molecule has 0 aliphatic heterocycles. The molecule has 82 valence electrons. The fourth-order valence-electron chi connectivity index (χ4n) is 1.95. The highest BCUT2D eigenvalue weighted by Gasteiger charge is 1.99. The maximum atomic E-state index is 8.30. The summed E-state index contributed by atoms with van der Waals surface area (Å²) >= 11 is 0. The van der Waals surface area contributed by atoms with Crippen molar-refractivity contribution in [2.45, 2.75) is 19.3 Å². The van der Waals surface area contributed by atoms with E-state index in [2.05, 4.69) is 47.6 Å². The van der Waals surface area contributed by atoms with Gasteiger partial charge in [-0.1, -0.05) is 42.5 Å². The highest BCUT2D eigenvalue weighted by atomic mass is 16.4. The number of hydrogen-bond acceptors (Lipinski definition) is 2. The molecule has 0 aliphatic carbocycles.